The van der Waals surface area contributed by atoms with Gasteiger partial charge in [-0.1, -0.05) is 23.2 Å². The van der Waals surface area contributed by atoms with E-state index in [-0.39, 0.29) is 11.8 Å². The SMILES string of the molecule is Cn1c(CCNC(=O)C2CCCN2C(=O)c2cc(Cl)cc(Cl)c2)n[nH]c1=S. The van der Waals surface area contributed by atoms with Crippen LogP contribution in [0.25, 0.3) is 0 Å². The van der Waals surface area contributed by atoms with Gasteiger partial charge >= 0.3 is 0 Å². The Bertz CT molecular complexity index is 906. The second-order valence-corrected chi connectivity index (χ2v) is 7.62. The fourth-order valence-corrected chi connectivity index (χ4v) is 3.82. The molecule has 1 fully saturated rings. The number of carbonyl (C=O) groups excluding carboxylic acids is 2. The van der Waals surface area contributed by atoms with Crippen molar-refractivity contribution in [3.8, 4) is 0 Å². The zero-order chi connectivity index (χ0) is 19.6. The van der Waals surface area contributed by atoms with Crippen molar-refractivity contribution in [3.05, 3.63) is 44.4 Å². The first kappa shape index (κ1) is 19.9. The molecule has 10 heteroatoms. The lowest BCUT2D eigenvalue weighted by Crippen LogP contribution is -2.46. The molecule has 2 amide bonds. The van der Waals surface area contributed by atoms with E-state index in [4.69, 9.17) is 35.4 Å². The maximum Gasteiger partial charge on any atom is 0.254 e. The molecule has 2 heterocycles. The molecule has 1 aliphatic rings. The quantitative estimate of drug-likeness (QED) is 0.718. The standard InChI is InChI=1S/C17H19Cl2N5O2S/c1-23-14(21-22-17(23)27)4-5-20-15(25)13-3-2-6-24(13)16(26)10-7-11(18)9-12(19)8-10/h7-9,13H,2-6H2,1H3,(H,20,25)(H,22,27). The lowest BCUT2D eigenvalue weighted by molar-refractivity contribution is -0.124. The summed E-state index contributed by atoms with van der Waals surface area (Å²) in [5, 5.41) is 10.5. The Morgan fingerprint density at radius 3 is 2.67 bits per heavy atom. The van der Waals surface area contributed by atoms with Gasteiger partial charge in [0, 0.05) is 42.2 Å². The van der Waals surface area contributed by atoms with E-state index in [0.717, 1.165) is 12.2 Å². The minimum absolute atomic E-state index is 0.175. The zero-order valence-corrected chi connectivity index (χ0v) is 17.0. The van der Waals surface area contributed by atoms with Crippen molar-refractivity contribution in [2.75, 3.05) is 13.1 Å². The number of rotatable bonds is 5. The number of hydrogen-bond donors (Lipinski definition) is 2. The van der Waals surface area contributed by atoms with Gasteiger partial charge in [-0.3, -0.25) is 14.7 Å². The smallest absolute Gasteiger partial charge is 0.254 e. The predicted octanol–water partition coefficient (Wildman–Crippen LogP) is 2.75. The monoisotopic (exact) mass is 427 g/mol. The Balaban J connectivity index is 1.63. The molecule has 0 aliphatic carbocycles. The van der Waals surface area contributed by atoms with Gasteiger partial charge in [0.2, 0.25) is 5.91 Å². The third-order valence-electron chi connectivity index (χ3n) is 4.55. The van der Waals surface area contributed by atoms with Crippen LogP contribution in [0.1, 0.15) is 29.0 Å². The number of nitrogens with zero attached hydrogens (tertiary/aromatic N) is 3. The number of hydrogen-bond acceptors (Lipinski definition) is 4. The van der Waals surface area contributed by atoms with Crippen molar-refractivity contribution in [2.24, 2.45) is 7.05 Å². The van der Waals surface area contributed by atoms with E-state index in [1.807, 2.05) is 7.05 Å². The number of amides is 2. The predicted molar refractivity (Wildman–Crippen MR) is 106 cm³/mol. The van der Waals surface area contributed by atoms with E-state index in [1.165, 1.54) is 0 Å². The zero-order valence-electron chi connectivity index (χ0n) is 14.7. The fourth-order valence-electron chi connectivity index (χ4n) is 3.14. The minimum atomic E-state index is -0.502. The summed E-state index contributed by atoms with van der Waals surface area (Å²) >= 11 is 17.0. The third-order valence-corrected chi connectivity index (χ3v) is 5.35. The number of carbonyl (C=O) groups is 2. The number of nitrogens with one attached hydrogen (secondary N) is 2. The number of aromatic nitrogens is 3. The van der Waals surface area contributed by atoms with Crippen molar-refractivity contribution in [3.63, 3.8) is 0 Å². The molecular weight excluding hydrogens is 409 g/mol. The molecular formula is C17H19Cl2N5O2S. The summed E-state index contributed by atoms with van der Waals surface area (Å²) in [6.07, 6.45) is 1.93. The first-order valence-electron chi connectivity index (χ1n) is 8.52. The molecule has 1 atom stereocenters. The highest BCUT2D eigenvalue weighted by molar-refractivity contribution is 7.71. The first-order chi connectivity index (χ1) is 12.9. The van der Waals surface area contributed by atoms with Crippen LogP contribution in [-0.2, 0) is 18.3 Å². The molecule has 0 saturated carbocycles. The highest BCUT2D eigenvalue weighted by Crippen LogP contribution is 2.24. The van der Waals surface area contributed by atoms with E-state index in [9.17, 15) is 9.59 Å². The summed E-state index contributed by atoms with van der Waals surface area (Å²) in [5.41, 5.74) is 0.383. The van der Waals surface area contributed by atoms with Crippen LogP contribution in [0.2, 0.25) is 10.0 Å². The van der Waals surface area contributed by atoms with Crippen molar-refractivity contribution in [1.82, 2.24) is 25.0 Å². The van der Waals surface area contributed by atoms with Gasteiger partial charge in [0.15, 0.2) is 4.77 Å². The van der Waals surface area contributed by atoms with Crippen LogP contribution in [-0.4, -0.2) is 50.6 Å². The molecule has 1 aromatic carbocycles. The molecule has 0 bridgehead atoms. The Kier molecular flexibility index (Phi) is 6.18. The number of halogens is 2. The van der Waals surface area contributed by atoms with Crippen LogP contribution >= 0.6 is 35.4 Å². The van der Waals surface area contributed by atoms with E-state index in [2.05, 4.69) is 15.5 Å². The van der Waals surface area contributed by atoms with Crippen LogP contribution in [0, 0.1) is 4.77 Å². The van der Waals surface area contributed by atoms with E-state index >= 15 is 0 Å². The van der Waals surface area contributed by atoms with E-state index in [0.29, 0.717) is 46.3 Å². The van der Waals surface area contributed by atoms with Crippen molar-refractivity contribution >= 4 is 47.2 Å². The lowest BCUT2D eigenvalue weighted by Gasteiger charge is -2.24. The molecule has 1 saturated heterocycles. The van der Waals surface area contributed by atoms with Gasteiger partial charge in [0.25, 0.3) is 5.91 Å². The van der Waals surface area contributed by atoms with Gasteiger partial charge in [-0.15, -0.1) is 0 Å². The summed E-state index contributed by atoms with van der Waals surface area (Å²) in [6, 6.07) is 4.19. The molecule has 2 aromatic rings. The van der Waals surface area contributed by atoms with Gasteiger partial charge in [0.05, 0.1) is 0 Å². The Labute approximate surface area is 171 Å². The Morgan fingerprint density at radius 2 is 2.04 bits per heavy atom. The van der Waals surface area contributed by atoms with Crippen molar-refractivity contribution in [2.45, 2.75) is 25.3 Å². The van der Waals surface area contributed by atoms with E-state index < -0.39 is 6.04 Å². The number of benzene rings is 1. The van der Waals surface area contributed by atoms with Gasteiger partial charge in [-0.25, -0.2) is 0 Å². The molecule has 144 valence electrons. The normalized spacial score (nSPS) is 16.6. The maximum atomic E-state index is 12.8. The third kappa shape index (κ3) is 4.51. The topological polar surface area (TPSA) is 83.0 Å². The molecule has 0 spiro atoms. The Hall–Kier alpha value is -1.90. The number of likely N-dealkylation sites (tertiary alicyclic amines) is 1. The molecule has 3 rings (SSSR count). The lowest BCUT2D eigenvalue weighted by atomic mass is 10.1. The summed E-state index contributed by atoms with van der Waals surface area (Å²) in [5.74, 6) is 0.338. The highest BCUT2D eigenvalue weighted by atomic mass is 35.5. The van der Waals surface area contributed by atoms with E-state index in [1.54, 1.807) is 27.7 Å². The number of aromatic amines is 1. The van der Waals surface area contributed by atoms with Crippen LogP contribution in [0.15, 0.2) is 18.2 Å². The fraction of sp³-hybridized carbons (Fsp3) is 0.412. The van der Waals surface area contributed by atoms with Crippen molar-refractivity contribution in [1.29, 1.82) is 0 Å². The van der Waals surface area contributed by atoms with Gasteiger partial charge in [0.1, 0.15) is 11.9 Å². The van der Waals surface area contributed by atoms with Crippen LogP contribution in [0.4, 0.5) is 0 Å². The minimum Gasteiger partial charge on any atom is -0.354 e. The molecule has 1 aliphatic heterocycles. The largest absolute Gasteiger partial charge is 0.354 e. The molecule has 27 heavy (non-hydrogen) atoms. The highest BCUT2D eigenvalue weighted by Gasteiger charge is 2.34. The molecule has 2 N–H and O–H groups in total. The summed E-state index contributed by atoms with van der Waals surface area (Å²) in [4.78, 5) is 27.0. The molecule has 7 nitrogen and oxygen atoms in total. The van der Waals surface area contributed by atoms with Gasteiger partial charge in [-0.2, -0.15) is 5.10 Å². The van der Waals surface area contributed by atoms with Gasteiger partial charge in [-0.05, 0) is 43.3 Å². The Morgan fingerprint density at radius 1 is 1.33 bits per heavy atom. The van der Waals surface area contributed by atoms with Crippen molar-refractivity contribution < 1.29 is 9.59 Å². The van der Waals surface area contributed by atoms with Crippen LogP contribution in [0.3, 0.4) is 0 Å². The second kappa shape index (κ2) is 8.41. The molecule has 1 unspecified atom stereocenters. The summed E-state index contributed by atoms with van der Waals surface area (Å²) in [6.45, 7) is 0.933. The average molecular weight is 428 g/mol. The summed E-state index contributed by atoms with van der Waals surface area (Å²) in [7, 11) is 1.82. The molecule has 0 radical (unpaired) electrons. The summed E-state index contributed by atoms with van der Waals surface area (Å²) < 4.78 is 2.29. The van der Waals surface area contributed by atoms with Crippen LogP contribution in [0.5, 0.6) is 0 Å². The first-order valence-corrected chi connectivity index (χ1v) is 9.68. The van der Waals surface area contributed by atoms with Gasteiger partial charge < -0.3 is 14.8 Å². The average Bonchev–Trinajstić information content (AvgIpc) is 3.22. The molecule has 1 aromatic heterocycles. The van der Waals surface area contributed by atoms with Crippen LogP contribution < -0.4 is 5.32 Å². The second-order valence-electron chi connectivity index (χ2n) is 6.36. The number of H-pyrrole nitrogens is 1. The maximum absolute atomic E-state index is 12.8.